The fourth-order valence-electron chi connectivity index (χ4n) is 5.32. The average Bonchev–Trinajstić information content (AvgIpc) is 3.31. The van der Waals surface area contributed by atoms with E-state index in [4.69, 9.17) is 4.98 Å². The number of aromatic nitrogens is 1. The first-order valence-corrected chi connectivity index (χ1v) is 12.4. The first-order valence-electron chi connectivity index (χ1n) is 12.4. The van der Waals surface area contributed by atoms with Crippen molar-refractivity contribution in [3.63, 3.8) is 0 Å². The Balaban J connectivity index is 1.62. The van der Waals surface area contributed by atoms with E-state index in [0.717, 1.165) is 53.7 Å². The van der Waals surface area contributed by atoms with Gasteiger partial charge in [0.05, 0.1) is 16.9 Å². The van der Waals surface area contributed by atoms with Crippen molar-refractivity contribution in [3.05, 3.63) is 84.4 Å². The Morgan fingerprint density at radius 3 is 2.44 bits per heavy atom. The molecule has 1 fully saturated rings. The molecule has 0 spiro atoms. The summed E-state index contributed by atoms with van der Waals surface area (Å²) < 4.78 is 0. The Kier molecular flexibility index (Phi) is 5.26. The molecule has 0 N–H and O–H groups in total. The van der Waals surface area contributed by atoms with E-state index in [2.05, 4.69) is 85.8 Å². The van der Waals surface area contributed by atoms with Crippen LogP contribution in [-0.4, -0.2) is 17.4 Å². The second kappa shape index (κ2) is 8.57. The number of hydrogen-bond acceptors (Lipinski definition) is 2. The zero-order chi connectivity index (χ0) is 23.1. The summed E-state index contributed by atoms with van der Waals surface area (Å²) in [6.45, 7) is 2.99. The Hall–Kier alpha value is -3.72. The van der Waals surface area contributed by atoms with Gasteiger partial charge in [-0.25, -0.2) is 4.98 Å². The number of aryl methyl sites for hydroxylation is 1. The number of rotatable bonds is 5. The summed E-state index contributed by atoms with van der Waals surface area (Å²) in [5.74, 6) is 0.209. The van der Waals surface area contributed by atoms with Crippen molar-refractivity contribution in [1.82, 2.24) is 4.98 Å². The molecule has 0 unspecified atom stereocenters. The fraction of sp³-hybridized carbons (Fsp3) is 0.226. The summed E-state index contributed by atoms with van der Waals surface area (Å²) in [7, 11) is 0. The number of benzene rings is 4. The normalized spacial score (nSPS) is 14.0. The van der Waals surface area contributed by atoms with Crippen LogP contribution in [0, 0.1) is 0 Å². The number of anilines is 1. The highest BCUT2D eigenvalue weighted by molar-refractivity contribution is 6.14. The molecule has 3 heteroatoms. The molecule has 168 valence electrons. The highest BCUT2D eigenvalue weighted by Crippen LogP contribution is 2.38. The molecular weight excluding hydrogens is 416 g/mol. The maximum atomic E-state index is 12.8. The van der Waals surface area contributed by atoms with Crippen molar-refractivity contribution in [2.45, 2.75) is 39.0 Å². The van der Waals surface area contributed by atoms with Gasteiger partial charge in [-0.15, -0.1) is 0 Å². The van der Waals surface area contributed by atoms with Gasteiger partial charge in [0.1, 0.15) is 0 Å². The van der Waals surface area contributed by atoms with Crippen LogP contribution in [-0.2, 0) is 11.2 Å². The lowest BCUT2D eigenvalue weighted by Crippen LogP contribution is -2.24. The Morgan fingerprint density at radius 2 is 1.65 bits per heavy atom. The molecular formula is C31H28N2O. The van der Waals surface area contributed by atoms with Crippen LogP contribution in [0.15, 0.2) is 78.9 Å². The quantitative estimate of drug-likeness (QED) is 0.261. The molecule has 0 radical (unpaired) electrons. The third-order valence-corrected chi connectivity index (χ3v) is 7.08. The van der Waals surface area contributed by atoms with Crippen molar-refractivity contribution < 1.29 is 4.79 Å². The van der Waals surface area contributed by atoms with Crippen molar-refractivity contribution in [3.8, 4) is 11.3 Å². The minimum atomic E-state index is 0.209. The van der Waals surface area contributed by atoms with Gasteiger partial charge in [-0.1, -0.05) is 67.9 Å². The van der Waals surface area contributed by atoms with Gasteiger partial charge in [-0.3, -0.25) is 4.79 Å². The van der Waals surface area contributed by atoms with Gasteiger partial charge < -0.3 is 4.90 Å². The summed E-state index contributed by atoms with van der Waals surface area (Å²) in [4.78, 5) is 19.9. The minimum Gasteiger partial charge on any atom is -0.312 e. The van der Waals surface area contributed by atoms with E-state index in [0.29, 0.717) is 6.42 Å². The maximum Gasteiger partial charge on any atom is 0.227 e. The summed E-state index contributed by atoms with van der Waals surface area (Å²) in [5.41, 5.74) is 5.29. The average molecular weight is 445 g/mol. The molecule has 0 saturated carbocycles. The highest BCUT2D eigenvalue weighted by atomic mass is 16.2. The van der Waals surface area contributed by atoms with Crippen molar-refractivity contribution in [2.24, 2.45) is 0 Å². The second-order valence-corrected chi connectivity index (χ2v) is 9.32. The smallest absolute Gasteiger partial charge is 0.227 e. The van der Waals surface area contributed by atoms with Crippen molar-refractivity contribution in [2.75, 3.05) is 11.4 Å². The molecule has 2 heterocycles. The maximum absolute atomic E-state index is 12.8. The van der Waals surface area contributed by atoms with Crippen LogP contribution in [0.5, 0.6) is 0 Å². The molecule has 1 aromatic heterocycles. The SMILES string of the molecule is CCCCc1ccc2nc(-c3cc4ccccc4c4ccccc34)cc(N3CCCC3=O)c2c1. The highest BCUT2D eigenvalue weighted by Gasteiger charge is 2.25. The van der Waals surface area contributed by atoms with Gasteiger partial charge in [0.25, 0.3) is 0 Å². The molecule has 0 bridgehead atoms. The van der Waals surface area contributed by atoms with Gasteiger partial charge in [-0.05, 0) is 70.6 Å². The molecule has 4 aromatic carbocycles. The molecule has 1 aliphatic heterocycles. The number of fused-ring (bicyclic) bond motifs is 4. The van der Waals surface area contributed by atoms with E-state index >= 15 is 0 Å². The zero-order valence-electron chi connectivity index (χ0n) is 19.6. The molecule has 1 amide bonds. The number of nitrogens with zero attached hydrogens (tertiary/aromatic N) is 2. The third kappa shape index (κ3) is 3.52. The van der Waals surface area contributed by atoms with Crippen LogP contribution in [0.2, 0.25) is 0 Å². The Labute approximate surface area is 200 Å². The first-order chi connectivity index (χ1) is 16.7. The number of hydrogen-bond donors (Lipinski definition) is 0. The van der Waals surface area contributed by atoms with Gasteiger partial charge in [0.2, 0.25) is 5.91 Å². The molecule has 0 aliphatic carbocycles. The molecule has 1 saturated heterocycles. The lowest BCUT2D eigenvalue weighted by Gasteiger charge is -2.20. The summed E-state index contributed by atoms with van der Waals surface area (Å²) in [6, 6.07) is 28.1. The number of carbonyl (C=O) groups is 1. The lowest BCUT2D eigenvalue weighted by molar-refractivity contribution is -0.117. The van der Waals surface area contributed by atoms with Crippen LogP contribution < -0.4 is 4.90 Å². The Morgan fingerprint density at radius 1 is 0.853 bits per heavy atom. The summed E-state index contributed by atoms with van der Waals surface area (Å²) in [6.07, 6.45) is 4.91. The fourth-order valence-corrected chi connectivity index (χ4v) is 5.32. The summed E-state index contributed by atoms with van der Waals surface area (Å²) in [5, 5.41) is 5.94. The van der Waals surface area contributed by atoms with Crippen LogP contribution in [0.4, 0.5) is 5.69 Å². The first kappa shape index (κ1) is 20.9. The van der Waals surface area contributed by atoms with E-state index in [9.17, 15) is 4.79 Å². The van der Waals surface area contributed by atoms with Gasteiger partial charge in [0, 0.05) is 23.9 Å². The topological polar surface area (TPSA) is 33.2 Å². The molecule has 5 aromatic rings. The molecule has 34 heavy (non-hydrogen) atoms. The largest absolute Gasteiger partial charge is 0.312 e. The molecule has 3 nitrogen and oxygen atoms in total. The van der Waals surface area contributed by atoms with E-state index in [1.165, 1.54) is 33.5 Å². The van der Waals surface area contributed by atoms with Crippen molar-refractivity contribution in [1.29, 1.82) is 0 Å². The number of amides is 1. The number of pyridine rings is 1. The van der Waals surface area contributed by atoms with Crippen LogP contribution in [0.25, 0.3) is 43.7 Å². The van der Waals surface area contributed by atoms with E-state index < -0.39 is 0 Å². The van der Waals surface area contributed by atoms with Crippen LogP contribution >= 0.6 is 0 Å². The predicted octanol–water partition coefficient (Wildman–Crippen LogP) is 7.68. The monoisotopic (exact) mass is 444 g/mol. The summed E-state index contributed by atoms with van der Waals surface area (Å²) >= 11 is 0. The van der Waals surface area contributed by atoms with E-state index in [-0.39, 0.29) is 5.91 Å². The third-order valence-electron chi connectivity index (χ3n) is 7.08. The van der Waals surface area contributed by atoms with Gasteiger partial charge >= 0.3 is 0 Å². The van der Waals surface area contributed by atoms with Crippen LogP contribution in [0.1, 0.15) is 38.2 Å². The van der Waals surface area contributed by atoms with Crippen LogP contribution in [0.3, 0.4) is 0 Å². The van der Waals surface area contributed by atoms with Crippen molar-refractivity contribution >= 4 is 44.0 Å². The predicted molar refractivity (Wildman–Crippen MR) is 142 cm³/mol. The molecule has 6 rings (SSSR count). The van der Waals surface area contributed by atoms with Gasteiger partial charge in [0.15, 0.2) is 0 Å². The number of carbonyl (C=O) groups excluding carboxylic acids is 1. The number of unbranched alkanes of at least 4 members (excludes halogenated alkanes) is 1. The lowest BCUT2D eigenvalue weighted by atomic mass is 9.94. The van der Waals surface area contributed by atoms with E-state index in [1.54, 1.807) is 0 Å². The standard InChI is InChI=1S/C31H28N2O/c1-2-3-9-21-15-16-28-27(18-21)30(33-17-8-14-31(33)34)20-29(32-28)26-19-22-10-4-5-11-23(22)24-12-6-7-13-25(24)26/h4-7,10-13,15-16,18-20H,2-3,8-9,14,17H2,1H3. The Bertz CT molecular complexity index is 1550. The zero-order valence-corrected chi connectivity index (χ0v) is 19.6. The molecule has 0 atom stereocenters. The van der Waals surface area contributed by atoms with E-state index in [1.807, 2.05) is 4.90 Å². The van der Waals surface area contributed by atoms with Gasteiger partial charge in [-0.2, -0.15) is 0 Å². The second-order valence-electron chi connectivity index (χ2n) is 9.32. The minimum absolute atomic E-state index is 0.209. The molecule has 1 aliphatic rings.